The molecule has 2 aromatic heterocycles. The Kier molecular flexibility index (Phi) is 4.47. The van der Waals surface area contributed by atoms with Crippen LogP contribution in [0.15, 0.2) is 36.9 Å². The summed E-state index contributed by atoms with van der Waals surface area (Å²) in [6.45, 7) is 4.94. The molecule has 1 N–H and O–H groups in total. The number of aromatic nitrogens is 3. The molecule has 112 valence electrons. The van der Waals surface area contributed by atoms with E-state index in [9.17, 15) is 0 Å². The first-order valence-corrected chi connectivity index (χ1v) is 7.24. The smallest absolute Gasteiger partial charge is 0.157 e. The number of ether oxygens (including phenoxy) is 2. The Morgan fingerprint density at radius 1 is 1.38 bits per heavy atom. The Labute approximate surface area is 124 Å². The summed E-state index contributed by atoms with van der Waals surface area (Å²) in [5, 5.41) is 7.70. The second kappa shape index (κ2) is 6.69. The summed E-state index contributed by atoms with van der Waals surface area (Å²) in [4.78, 5) is 4.02. The van der Waals surface area contributed by atoms with E-state index in [2.05, 4.69) is 22.3 Å². The highest BCUT2D eigenvalue weighted by Gasteiger charge is 2.29. The molecular formula is C15H20N4O2. The molecular weight excluding hydrogens is 268 g/mol. The van der Waals surface area contributed by atoms with Crippen LogP contribution in [0.4, 0.5) is 0 Å². The topological polar surface area (TPSA) is 61.2 Å². The van der Waals surface area contributed by atoms with Crippen molar-refractivity contribution in [1.29, 1.82) is 0 Å². The lowest BCUT2D eigenvalue weighted by Gasteiger charge is -2.19. The van der Waals surface area contributed by atoms with Crippen LogP contribution in [-0.2, 0) is 17.8 Å². The van der Waals surface area contributed by atoms with Gasteiger partial charge >= 0.3 is 0 Å². The van der Waals surface area contributed by atoms with Gasteiger partial charge in [0.15, 0.2) is 5.75 Å². The fraction of sp³-hybridized carbons (Fsp3) is 0.467. The molecule has 0 aromatic carbocycles. The molecule has 0 aliphatic carbocycles. The van der Waals surface area contributed by atoms with Gasteiger partial charge in [0.25, 0.3) is 0 Å². The van der Waals surface area contributed by atoms with Crippen LogP contribution in [0.3, 0.4) is 0 Å². The van der Waals surface area contributed by atoms with Crippen LogP contribution in [0.1, 0.15) is 12.5 Å². The normalized spacial score (nSPS) is 21.6. The van der Waals surface area contributed by atoms with Crippen LogP contribution >= 0.6 is 0 Å². The maximum atomic E-state index is 5.98. The molecule has 1 fully saturated rings. The number of aryl methyl sites for hydroxylation is 1. The lowest BCUT2D eigenvalue weighted by Crippen LogP contribution is -2.41. The zero-order valence-corrected chi connectivity index (χ0v) is 12.1. The van der Waals surface area contributed by atoms with Crippen molar-refractivity contribution in [3.63, 3.8) is 0 Å². The summed E-state index contributed by atoms with van der Waals surface area (Å²) in [5.74, 6) is 0.795. The van der Waals surface area contributed by atoms with Gasteiger partial charge in [-0.1, -0.05) is 0 Å². The van der Waals surface area contributed by atoms with E-state index in [0.29, 0.717) is 13.2 Å². The highest BCUT2D eigenvalue weighted by molar-refractivity contribution is 5.13. The van der Waals surface area contributed by atoms with Gasteiger partial charge in [-0.25, -0.2) is 0 Å². The minimum atomic E-state index is 0.0151. The molecule has 0 saturated carbocycles. The van der Waals surface area contributed by atoms with Crippen LogP contribution < -0.4 is 10.1 Å². The lowest BCUT2D eigenvalue weighted by atomic mass is 10.2. The molecule has 0 spiro atoms. The van der Waals surface area contributed by atoms with E-state index >= 15 is 0 Å². The molecule has 1 aliphatic heterocycles. The summed E-state index contributed by atoms with van der Waals surface area (Å²) in [5.41, 5.74) is 1.20. The van der Waals surface area contributed by atoms with E-state index in [-0.39, 0.29) is 12.1 Å². The fourth-order valence-electron chi connectivity index (χ4n) is 2.34. The first-order valence-electron chi connectivity index (χ1n) is 7.24. The average Bonchev–Trinajstić information content (AvgIpc) is 3.16. The van der Waals surface area contributed by atoms with Crippen LogP contribution in [-0.4, -0.2) is 40.1 Å². The summed E-state index contributed by atoms with van der Waals surface area (Å²) < 4.78 is 13.4. The van der Waals surface area contributed by atoms with E-state index < -0.39 is 0 Å². The van der Waals surface area contributed by atoms with Crippen LogP contribution in [0.25, 0.3) is 0 Å². The Bertz CT molecular complexity index is 558. The van der Waals surface area contributed by atoms with Gasteiger partial charge in [-0.15, -0.1) is 0 Å². The molecule has 1 aliphatic rings. The van der Waals surface area contributed by atoms with Gasteiger partial charge in [-0.3, -0.25) is 9.67 Å². The number of pyridine rings is 1. The van der Waals surface area contributed by atoms with Crippen molar-refractivity contribution in [3.8, 4) is 5.75 Å². The van der Waals surface area contributed by atoms with Crippen molar-refractivity contribution in [2.45, 2.75) is 32.2 Å². The molecule has 1 saturated heterocycles. The van der Waals surface area contributed by atoms with E-state index in [0.717, 1.165) is 18.8 Å². The van der Waals surface area contributed by atoms with Gasteiger partial charge in [0.2, 0.25) is 0 Å². The summed E-state index contributed by atoms with van der Waals surface area (Å²) >= 11 is 0. The predicted molar refractivity (Wildman–Crippen MR) is 78.0 cm³/mol. The number of nitrogens with zero attached hydrogens (tertiary/aromatic N) is 3. The molecule has 6 heteroatoms. The Morgan fingerprint density at radius 3 is 3.00 bits per heavy atom. The Morgan fingerprint density at radius 2 is 2.24 bits per heavy atom. The average molecular weight is 288 g/mol. The van der Waals surface area contributed by atoms with Gasteiger partial charge in [0.05, 0.1) is 31.6 Å². The molecule has 0 unspecified atom stereocenters. The maximum absolute atomic E-state index is 5.98. The van der Waals surface area contributed by atoms with Crippen LogP contribution in [0.2, 0.25) is 0 Å². The quantitative estimate of drug-likeness (QED) is 0.866. The minimum Gasteiger partial charge on any atom is -0.483 e. The fourth-order valence-corrected chi connectivity index (χ4v) is 2.34. The summed E-state index contributed by atoms with van der Waals surface area (Å²) in [6, 6.07) is 4.19. The second-order valence-electron chi connectivity index (χ2n) is 5.07. The van der Waals surface area contributed by atoms with E-state index in [1.807, 2.05) is 23.0 Å². The molecule has 3 heterocycles. The summed E-state index contributed by atoms with van der Waals surface area (Å²) in [6.07, 6.45) is 7.28. The standard InChI is InChI=1S/C15H20N4O2/c1-2-19-9-13(8-18-19)21-15-11-20-10-14(15)17-7-12-3-5-16-6-4-12/h3-6,8-9,14-15,17H,2,7,10-11H2,1H3/t14-,15+/m0/s1. The van der Waals surface area contributed by atoms with E-state index in [1.165, 1.54) is 5.56 Å². The SMILES string of the molecule is CCn1cc(O[C@@H]2COC[C@@H]2NCc2ccncc2)cn1. The van der Waals surface area contributed by atoms with Crippen LogP contribution in [0.5, 0.6) is 5.75 Å². The van der Waals surface area contributed by atoms with Crippen LogP contribution in [0, 0.1) is 0 Å². The van der Waals surface area contributed by atoms with Gasteiger partial charge in [0.1, 0.15) is 6.10 Å². The monoisotopic (exact) mass is 288 g/mol. The summed E-state index contributed by atoms with van der Waals surface area (Å²) in [7, 11) is 0. The maximum Gasteiger partial charge on any atom is 0.157 e. The van der Waals surface area contributed by atoms with Crippen molar-refractivity contribution in [2.24, 2.45) is 0 Å². The van der Waals surface area contributed by atoms with Crippen molar-refractivity contribution >= 4 is 0 Å². The van der Waals surface area contributed by atoms with Crippen molar-refractivity contribution < 1.29 is 9.47 Å². The highest BCUT2D eigenvalue weighted by Crippen LogP contribution is 2.17. The molecule has 2 atom stereocenters. The molecule has 6 nitrogen and oxygen atoms in total. The second-order valence-corrected chi connectivity index (χ2v) is 5.07. The van der Waals surface area contributed by atoms with Gasteiger partial charge in [0, 0.05) is 25.5 Å². The van der Waals surface area contributed by atoms with E-state index in [1.54, 1.807) is 18.6 Å². The molecule has 21 heavy (non-hydrogen) atoms. The third-order valence-electron chi connectivity index (χ3n) is 3.57. The number of nitrogens with one attached hydrogen (secondary N) is 1. The number of hydrogen-bond acceptors (Lipinski definition) is 5. The first kappa shape index (κ1) is 14.0. The third kappa shape index (κ3) is 3.59. The number of hydrogen-bond donors (Lipinski definition) is 1. The minimum absolute atomic E-state index is 0.0151. The Balaban J connectivity index is 1.55. The highest BCUT2D eigenvalue weighted by atomic mass is 16.5. The van der Waals surface area contributed by atoms with Crippen molar-refractivity contribution in [1.82, 2.24) is 20.1 Å². The molecule has 0 radical (unpaired) electrons. The van der Waals surface area contributed by atoms with Crippen molar-refractivity contribution in [3.05, 3.63) is 42.5 Å². The van der Waals surface area contributed by atoms with E-state index in [4.69, 9.17) is 9.47 Å². The molecule has 0 amide bonds. The van der Waals surface area contributed by atoms with Gasteiger partial charge in [-0.2, -0.15) is 5.10 Å². The predicted octanol–water partition coefficient (Wildman–Crippen LogP) is 1.23. The van der Waals surface area contributed by atoms with Crippen molar-refractivity contribution in [2.75, 3.05) is 13.2 Å². The largest absolute Gasteiger partial charge is 0.483 e. The first-order chi connectivity index (χ1) is 10.3. The van der Waals surface area contributed by atoms with Gasteiger partial charge in [-0.05, 0) is 24.6 Å². The lowest BCUT2D eigenvalue weighted by molar-refractivity contribution is 0.139. The zero-order chi connectivity index (χ0) is 14.5. The third-order valence-corrected chi connectivity index (χ3v) is 3.57. The number of rotatable bonds is 6. The molecule has 2 aromatic rings. The zero-order valence-electron chi connectivity index (χ0n) is 12.1. The Hall–Kier alpha value is -1.92. The van der Waals surface area contributed by atoms with Gasteiger partial charge < -0.3 is 14.8 Å². The molecule has 0 bridgehead atoms. The molecule has 3 rings (SSSR count).